The number of anilines is 1. The molecule has 0 radical (unpaired) electrons. The van der Waals surface area contributed by atoms with Crippen molar-refractivity contribution in [3.8, 4) is 0 Å². The van der Waals surface area contributed by atoms with E-state index in [9.17, 15) is 22.8 Å². The van der Waals surface area contributed by atoms with Gasteiger partial charge in [-0.2, -0.15) is 4.72 Å². The average molecular weight is 426 g/mol. The van der Waals surface area contributed by atoms with Crippen LogP contribution in [0.2, 0.25) is 0 Å². The van der Waals surface area contributed by atoms with Crippen LogP contribution in [0.25, 0.3) is 0 Å². The molecule has 1 aliphatic heterocycles. The summed E-state index contributed by atoms with van der Waals surface area (Å²) in [5, 5.41) is 2.54. The topological polar surface area (TPSA) is 122 Å². The van der Waals surface area contributed by atoms with E-state index in [1.54, 1.807) is 4.90 Å². The summed E-state index contributed by atoms with van der Waals surface area (Å²) in [6, 6.07) is 4.34. The Bertz CT molecular complexity index is 853. The Morgan fingerprint density at radius 3 is 2.48 bits per heavy atom. The predicted octanol–water partition coefficient (Wildman–Crippen LogP) is 1.11. The van der Waals surface area contributed by atoms with Crippen molar-refractivity contribution in [2.24, 2.45) is 5.92 Å². The number of benzene rings is 1. The van der Waals surface area contributed by atoms with E-state index in [-0.39, 0.29) is 16.7 Å². The molecule has 0 aliphatic carbocycles. The molecule has 2 N–H and O–H groups in total. The SMILES string of the molecule is CC(=O)Nc1ccc(S(=O)(=O)N[C@@H](C)C(=O)OCC(=O)N2CCC[C@@H](C)C2)cc1. The molecule has 1 aromatic carbocycles. The summed E-state index contributed by atoms with van der Waals surface area (Å²) >= 11 is 0. The minimum atomic E-state index is -3.97. The van der Waals surface area contributed by atoms with Gasteiger partial charge in [0.1, 0.15) is 6.04 Å². The largest absolute Gasteiger partial charge is 0.454 e. The molecule has 1 saturated heterocycles. The van der Waals surface area contributed by atoms with Crippen LogP contribution in [-0.4, -0.2) is 56.8 Å². The first-order valence-corrected chi connectivity index (χ1v) is 10.9. The fraction of sp³-hybridized carbons (Fsp3) is 0.526. The van der Waals surface area contributed by atoms with Crippen molar-refractivity contribution in [1.29, 1.82) is 0 Å². The molecule has 9 nitrogen and oxygen atoms in total. The molecule has 2 atom stereocenters. The quantitative estimate of drug-likeness (QED) is 0.631. The van der Waals surface area contributed by atoms with E-state index in [0.29, 0.717) is 24.7 Å². The Kier molecular flexibility index (Phi) is 7.74. The zero-order valence-electron chi connectivity index (χ0n) is 16.8. The maximum atomic E-state index is 12.4. The molecule has 2 rings (SSSR count). The van der Waals surface area contributed by atoms with Crippen LogP contribution in [0.4, 0.5) is 5.69 Å². The van der Waals surface area contributed by atoms with E-state index < -0.39 is 28.6 Å². The van der Waals surface area contributed by atoms with Crippen molar-refractivity contribution in [2.45, 2.75) is 44.6 Å². The van der Waals surface area contributed by atoms with Crippen molar-refractivity contribution in [1.82, 2.24) is 9.62 Å². The van der Waals surface area contributed by atoms with Gasteiger partial charge in [0.2, 0.25) is 15.9 Å². The van der Waals surface area contributed by atoms with Gasteiger partial charge < -0.3 is 15.0 Å². The lowest BCUT2D eigenvalue weighted by Gasteiger charge is -2.30. The first kappa shape index (κ1) is 22.8. The Labute approximate surface area is 170 Å². The van der Waals surface area contributed by atoms with Gasteiger partial charge >= 0.3 is 5.97 Å². The van der Waals surface area contributed by atoms with Crippen molar-refractivity contribution in [2.75, 3.05) is 25.0 Å². The molecular formula is C19H27N3O6S. The van der Waals surface area contributed by atoms with Gasteiger partial charge in [-0.1, -0.05) is 6.92 Å². The van der Waals surface area contributed by atoms with Crippen LogP contribution in [0, 0.1) is 5.92 Å². The van der Waals surface area contributed by atoms with Crippen LogP contribution in [0.15, 0.2) is 29.2 Å². The van der Waals surface area contributed by atoms with Gasteiger partial charge in [0.15, 0.2) is 6.61 Å². The molecule has 2 amide bonds. The number of esters is 1. The monoisotopic (exact) mass is 425 g/mol. The minimum Gasteiger partial charge on any atom is -0.454 e. The van der Waals surface area contributed by atoms with Crippen LogP contribution in [-0.2, 0) is 29.1 Å². The van der Waals surface area contributed by atoms with Gasteiger partial charge in [0, 0.05) is 25.7 Å². The number of carbonyl (C=O) groups excluding carboxylic acids is 3. The summed E-state index contributed by atoms with van der Waals surface area (Å²) in [6.45, 7) is 5.60. The highest BCUT2D eigenvalue weighted by Crippen LogP contribution is 2.16. The Hall–Kier alpha value is -2.46. The van der Waals surface area contributed by atoms with Gasteiger partial charge in [0.25, 0.3) is 5.91 Å². The fourth-order valence-corrected chi connectivity index (χ4v) is 4.23. The highest BCUT2D eigenvalue weighted by molar-refractivity contribution is 7.89. The number of rotatable bonds is 7. The Morgan fingerprint density at radius 1 is 1.24 bits per heavy atom. The van der Waals surface area contributed by atoms with Crippen LogP contribution in [0.3, 0.4) is 0 Å². The van der Waals surface area contributed by atoms with Gasteiger partial charge in [0.05, 0.1) is 4.90 Å². The second-order valence-corrected chi connectivity index (χ2v) is 8.96. The van der Waals surface area contributed by atoms with Crippen molar-refractivity contribution in [3.05, 3.63) is 24.3 Å². The van der Waals surface area contributed by atoms with Gasteiger partial charge in [-0.25, -0.2) is 8.42 Å². The number of nitrogens with one attached hydrogen (secondary N) is 2. The molecule has 0 spiro atoms. The summed E-state index contributed by atoms with van der Waals surface area (Å²) in [6.07, 6.45) is 1.98. The van der Waals surface area contributed by atoms with E-state index in [1.165, 1.54) is 38.1 Å². The van der Waals surface area contributed by atoms with Gasteiger partial charge in [-0.05, 0) is 49.9 Å². The first-order valence-electron chi connectivity index (χ1n) is 9.43. The van der Waals surface area contributed by atoms with Crippen molar-refractivity contribution >= 4 is 33.5 Å². The van der Waals surface area contributed by atoms with E-state index >= 15 is 0 Å². The summed E-state index contributed by atoms with van der Waals surface area (Å²) in [7, 11) is -3.97. The smallest absolute Gasteiger partial charge is 0.324 e. The van der Waals surface area contributed by atoms with E-state index in [2.05, 4.69) is 17.0 Å². The van der Waals surface area contributed by atoms with Crippen molar-refractivity contribution < 1.29 is 27.5 Å². The molecule has 160 valence electrons. The maximum Gasteiger partial charge on any atom is 0.324 e. The number of nitrogens with zero attached hydrogens (tertiary/aromatic N) is 1. The van der Waals surface area contributed by atoms with Crippen LogP contribution < -0.4 is 10.0 Å². The molecule has 0 unspecified atom stereocenters. The lowest BCUT2D eigenvalue weighted by molar-refractivity contribution is -0.153. The third kappa shape index (κ3) is 6.82. The van der Waals surface area contributed by atoms with Crippen LogP contribution in [0.1, 0.15) is 33.6 Å². The number of amides is 2. The van der Waals surface area contributed by atoms with E-state index in [4.69, 9.17) is 4.74 Å². The molecule has 1 heterocycles. The molecule has 10 heteroatoms. The molecule has 0 aromatic heterocycles. The molecular weight excluding hydrogens is 398 g/mol. The molecule has 1 aliphatic rings. The Balaban J connectivity index is 1.88. The summed E-state index contributed by atoms with van der Waals surface area (Å²) < 4.78 is 32.1. The third-order valence-corrected chi connectivity index (χ3v) is 6.07. The lowest BCUT2D eigenvalue weighted by Crippen LogP contribution is -2.43. The number of carbonyl (C=O) groups is 3. The van der Waals surface area contributed by atoms with Crippen LogP contribution >= 0.6 is 0 Å². The number of ether oxygens (including phenoxy) is 1. The lowest BCUT2D eigenvalue weighted by atomic mass is 10.0. The normalized spacial score (nSPS) is 18.0. The number of sulfonamides is 1. The molecule has 29 heavy (non-hydrogen) atoms. The van der Waals surface area contributed by atoms with Crippen molar-refractivity contribution in [3.63, 3.8) is 0 Å². The highest BCUT2D eigenvalue weighted by Gasteiger charge is 2.26. The predicted molar refractivity (Wildman–Crippen MR) is 106 cm³/mol. The van der Waals surface area contributed by atoms with Crippen LogP contribution in [0.5, 0.6) is 0 Å². The summed E-state index contributed by atoms with van der Waals surface area (Å²) in [4.78, 5) is 36.9. The van der Waals surface area contributed by atoms with Gasteiger partial charge in [-0.3, -0.25) is 14.4 Å². The first-order chi connectivity index (χ1) is 13.6. The average Bonchev–Trinajstić information content (AvgIpc) is 2.65. The maximum absolute atomic E-state index is 12.4. The Morgan fingerprint density at radius 2 is 1.90 bits per heavy atom. The zero-order chi connectivity index (χ0) is 21.6. The number of likely N-dealkylation sites (tertiary alicyclic amines) is 1. The number of hydrogen-bond acceptors (Lipinski definition) is 6. The minimum absolute atomic E-state index is 0.0652. The highest BCUT2D eigenvalue weighted by atomic mass is 32.2. The fourth-order valence-electron chi connectivity index (χ4n) is 3.03. The zero-order valence-corrected chi connectivity index (χ0v) is 17.6. The molecule has 1 fully saturated rings. The molecule has 0 bridgehead atoms. The van der Waals surface area contributed by atoms with E-state index in [0.717, 1.165) is 12.8 Å². The number of hydrogen-bond donors (Lipinski definition) is 2. The summed E-state index contributed by atoms with van der Waals surface area (Å²) in [5.41, 5.74) is 0.453. The number of piperidine rings is 1. The second-order valence-electron chi connectivity index (χ2n) is 7.24. The summed E-state index contributed by atoms with van der Waals surface area (Å²) in [5.74, 6) is -0.981. The molecule has 1 aromatic rings. The van der Waals surface area contributed by atoms with Gasteiger partial charge in [-0.15, -0.1) is 0 Å². The standard InChI is InChI=1S/C19H27N3O6S/c1-13-5-4-10-22(11-13)18(24)12-28-19(25)14(2)21-29(26,27)17-8-6-16(7-9-17)20-15(3)23/h6-9,13-14,21H,4-5,10-12H2,1-3H3,(H,20,23)/t13-,14+/m1/s1. The third-order valence-electron chi connectivity index (χ3n) is 4.52. The molecule has 0 saturated carbocycles. The van der Waals surface area contributed by atoms with E-state index in [1.807, 2.05) is 0 Å². The second kappa shape index (κ2) is 9.84.